The quantitative estimate of drug-likeness (QED) is 0.766. The summed E-state index contributed by atoms with van der Waals surface area (Å²) in [5.41, 5.74) is 1.84. The Bertz CT molecular complexity index is 824. The topological polar surface area (TPSA) is 74.7 Å². The van der Waals surface area contributed by atoms with Crippen molar-refractivity contribution < 1.29 is 14.4 Å². The molecule has 2 heterocycles. The molecule has 7 nitrogen and oxygen atoms in total. The Morgan fingerprint density at radius 3 is 2.54 bits per heavy atom. The third-order valence-corrected chi connectivity index (χ3v) is 4.56. The van der Waals surface area contributed by atoms with E-state index in [0.717, 1.165) is 24.0 Å². The molecule has 1 saturated heterocycles. The van der Waals surface area contributed by atoms with Crippen LogP contribution in [0.2, 0.25) is 0 Å². The third-order valence-electron chi connectivity index (χ3n) is 4.56. The maximum absolute atomic E-state index is 12.1. The molecule has 1 aromatic heterocycles. The van der Waals surface area contributed by atoms with Crippen LogP contribution in [0.4, 0.5) is 5.69 Å². The zero-order chi connectivity index (χ0) is 18.7. The van der Waals surface area contributed by atoms with Gasteiger partial charge in [-0.1, -0.05) is 0 Å². The van der Waals surface area contributed by atoms with Gasteiger partial charge >= 0.3 is 0 Å². The first kappa shape index (κ1) is 18.1. The minimum absolute atomic E-state index is 0.110. The first-order chi connectivity index (χ1) is 12.4. The van der Waals surface area contributed by atoms with Crippen LogP contribution in [0.3, 0.4) is 0 Å². The first-order valence-electron chi connectivity index (χ1n) is 8.81. The van der Waals surface area contributed by atoms with E-state index in [1.165, 1.54) is 4.90 Å². The van der Waals surface area contributed by atoms with Gasteiger partial charge in [0.05, 0.1) is 0 Å². The maximum Gasteiger partial charge on any atom is 0.229 e. The molecule has 26 heavy (non-hydrogen) atoms. The summed E-state index contributed by atoms with van der Waals surface area (Å²) in [5.74, 6) is -0.588. The molecule has 0 spiro atoms. The number of nitrogens with zero attached hydrogens (tertiary/aromatic N) is 3. The Morgan fingerprint density at radius 2 is 1.85 bits per heavy atom. The molecule has 2 aromatic rings. The fourth-order valence-corrected chi connectivity index (χ4v) is 3.09. The van der Waals surface area contributed by atoms with E-state index in [-0.39, 0.29) is 43.5 Å². The molecule has 0 aliphatic carbocycles. The van der Waals surface area contributed by atoms with Crippen LogP contribution in [0.25, 0.3) is 10.9 Å². The van der Waals surface area contributed by atoms with Crippen LogP contribution in [0.1, 0.15) is 19.3 Å². The van der Waals surface area contributed by atoms with Gasteiger partial charge in [0.25, 0.3) is 0 Å². The lowest BCUT2D eigenvalue weighted by Gasteiger charge is -2.13. The Kier molecular flexibility index (Phi) is 5.37. The number of anilines is 1. The molecule has 1 fully saturated rings. The number of fused-ring (bicyclic) bond motifs is 1. The van der Waals surface area contributed by atoms with Gasteiger partial charge in [0.15, 0.2) is 0 Å². The zero-order valence-corrected chi connectivity index (χ0v) is 15.2. The molecule has 0 unspecified atom stereocenters. The summed E-state index contributed by atoms with van der Waals surface area (Å²) in [7, 11) is 4.09. The third kappa shape index (κ3) is 4.11. The number of hydrogen-bond acceptors (Lipinski definition) is 4. The lowest BCUT2D eigenvalue weighted by Crippen LogP contribution is -2.32. The number of rotatable bonds is 7. The molecular formula is C19H24N4O3. The number of nitrogens with one attached hydrogen (secondary N) is 1. The molecule has 0 bridgehead atoms. The summed E-state index contributed by atoms with van der Waals surface area (Å²) in [6.45, 7) is 2.00. The van der Waals surface area contributed by atoms with E-state index < -0.39 is 0 Å². The summed E-state index contributed by atoms with van der Waals surface area (Å²) in [6, 6.07) is 7.83. The number of aromatic nitrogens is 1. The number of hydrogen-bond donors (Lipinski definition) is 1. The van der Waals surface area contributed by atoms with E-state index in [4.69, 9.17) is 0 Å². The van der Waals surface area contributed by atoms with Crippen molar-refractivity contribution in [2.24, 2.45) is 0 Å². The highest BCUT2D eigenvalue weighted by atomic mass is 16.2. The average Bonchev–Trinajstić information content (AvgIpc) is 3.14. The Morgan fingerprint density at radius 1 is 1.12 bits per heavy atom. The van der Waals surface area contributed by atoms with E-state index in [1.807, 2.05) is 44.6 Å². The van der Waals surface area contributed by atoms with Crippen molar-refractivity contribution in [2.45, 2.75) is 25.8 Å². The number of amides is 3. The van der Waals surface area contributed by atoms with Crippen LogP contribution in [0.15, 0.2) is 30.5 Å². The van der Waals surface area contributed by atoms with Gasteiger partial charge in [0.1, 0.15) is 0 Å². The van der Waals surface area contributed by atoms with Gasteiger partial charge in [-0.05, 0) is 38.4 Å². The summed E-state index contributed by atoms with van der Waals surface area (Å²) >= 11 is 0. The molecule has 1 N–H and O–H groups in total. The average molecular weight is 356 g/mol. The fourth-order valence-electron chi connectivity index (χ4n) is 3.09. The van der Waals surface area contributed by atoms with Gasteiger partial charge in [-0.25, -0.2) is 0 Å². The summed E-state index contributed by atoms with van der Waals surface area (Å²) in [4.78, 5) is 38.6. The molecular weight excluding hydrogens is 332 g/mol. The van der Waals surface area contributed by atoms with Gasteiger partial charge in [-0.2, -0.15) is 0 Å². The molecule has 0 radical (unpaired) electrons. The van der Waals surface area contributed by atoms with Crippen LogP contribution in [-0.4, -0.2) is 59.3 Å². The largest absolute Gasteiger partial charge is 0.346 e. The normalized spacial score (nSPS) is 14.7. The Hall–Kier alpha value is -2.67. The minimum Gasteiger partial charge on any atom is -0.346 e. The molecule has 0 atom stereocenters. The monoisotopic (exact) mass is 356 g/mol. The second kappa shape index (κ2) is 7.70. The van der Waals surface area contributed by atoms with Crippen molar-refractivity contribution in [3.8, 4) is 0 Å². The van der Waals surface area contributed by atoms with E-state index >= 15 is 0 Å². The molecule has 1 aromatic carbocycles. The highest BCUT2D eigenvalue weighted by Gasteiger charge is 2.28. The molecule has 1 aliphatic heterocycles. The fraction of sp³-hybridized carbons (Fsp3) is 0.421. The van der Waals surface area contributed by atoms with Gasteiger partial charge < -0.3 is 14.8 Å². The van der Waals surface area contributed by atoms with Gasteiger partial charge in [0, 0.05) is 61.7 Å². The lowest BCUT2D eigenvalue weighted by molar-refractivity contribution is -0.138. The molecule has 3 amide bonds. The first-order valence-corrected chi connectivity index (χ1v) is 8.81. The maximum atomic E-state index is 12.1. The second-order valence-corrected chi connectivity index (χ2v) is 6.82. The van der Waals surface area contributed by atoms with E-state index in [1.54, 1.807) is 0 Å². The second-order valence-electron chi connectivity index (χ2n) is 6.82. The van der Waals surface area contributed by atoms with E-state index in [9.17, 15) is 14.4 Å². The van der Waals surface area contributed by atoms with Crippen molar-refractivity contribution in [3.05, 3.63) is 30.5 Å². The van der Waals surface area contributed by atoms with Crippen LogP contribution in [0, 0.1) is 0 Å². The number of carbonyl (C=O) groups excluding carboxylic acids is 3. The zero-order valence-electron chi connectivity index (χ0n) is 15.2. The smallest absolute Gasteiger partial charge is 0.229 e. The number of benzene rings is 1. The van der Waals surface area contributed by atoms with Crippen molar-refractivity contribution in [1.29, 1.82) is 0 Å². The van der Waals surface area contributed by atoms with Gasteiger partial charge in [-0.15, -0.1) is 0 Å². The Labute approximate surface area is 152 Å². The summed E-state index contributed by atoms with van der Waals surface area (Å²) in [6.07, 6.45) is 2.66. The van der Waals surface area contributed by atoms with Crippen LogP contribution >= 0.6 is 0 Å². The standard InChI is InChI=1S/C19H24N4O3/c1-21(2)11-12-22-9-7-14-13-15(3-4-16(14)22)20-17(24)8-10-23-18(25)5-6-19(23)26/h3-4,7,9,13H,5-6,8,10-12H2,1-2H3,(H,20,24). The van der Waals surface area contributed by atoms with E-state index in [2.05, 4.69) is 14.8 Å². The SMILES string of the molecule is CN(C)CCn1ccc2cc(NC(=O)CCN3C(=O)CCC3=O)ccc21. The van der Waals surface area contributed by atoms with Gasteiger partial charge in [-0.3, -0.25) is 19.3 Å². The van der Waals surface area contributed by atoms with E-state index in [0.29, 0.717) is 5.69 Å². The van der Waals surface area contributed by atoms with Gasteiger partial charge in [0.2, 0.25) is 17.7 Å². The molecule has 3 rings (SSSR count). The van der Waals surface area contributed by atoms with Crippen molar-refractivity contribution in [3.63, 3.8) is 0 Å². The number of likely N-dealkylation sites (N-methyl/N-ethyl adjacent to an activating group) is 1. The molecule has 7 heteroatoms. The number of carbonyl (C=O) groups is 3. The predicted molar refractivity (Wildman–Crippen MR) is 99.7 cm³/mol. The summed E-state index contributed by atoms with van der Waals surface area (Å²) < 4.78 is 2.19. The van der Waals surface area contributed by atoms with Crippen LogP contribution in [0.5, 0.6) is 0 Å². The van der Waals surface area contributed by atoms with Crippen molar-refractivity contribution in [2.75, 3.05) is 32.5 Å². The number of imide groups is 1. The number of likely N-dealkylation sites (tertiary alicyclic amines) is 1. The highest BCUT2D eigenvalue weighted by Crippen LogP contribution is 2.21. The molecule has 138 valence electrons. The molecule has 0 saturated carbocycles. The lowest BCUT2D eigenvalue weighted by atomic mass is 10.2. The van der Waals surface area contributed by atoms with Crippen molar-refractivity contribution in [1.82, 2.24) is 14.4 Å². The predicted octanol–water partition coefficient (Wildman–Crippen LogP) is 1.68. The van der Waals surface area contributed by atoms with Crippen LogP contribution in [-0.2, 0) is 20.9 Å². The van der Waals surface area contributed by atoms with Crippen molar-refractivity contribution >= 4 is 34.3 Å². The highest BCUT2D eigenvalue weighted by molar-refractivity contribution is 6.02. The Balaban J connectivity index is 1.59. The molecule has 1 aliphatic rings. The minimum atomic E-state index is -0.205. The summed E-state index contributed by atoms with van der Waals surface area (Å²) in [5, 5.41) is 3.90. The van der Waals surface area contributed by atoms with Crippen LogP contribution < -0.4 is 5.32 Å².